The Morgan fingerprint density at radius 2 is 2.19 bits per heavy atom. The third kappa shape index (κ3) is 2.66. The summed E-state index contributed by atoms with van der Waals surface area (Å²) in [6.45, 7) is 9.47. The van der Waals surface area contributed by atoms with Gasteiger partial charge in [0.05, 0.1) is 17.6 Å². The lowest BCUT2D eigenvalue weighted by atomic mass is 9.92. The van der Waals surface area contributed by atoms with Crippen LogP contribution in [0.25, 0.3) is 16.0 Å². The molecule has 2 N–H and O–H groups in total. The van der Waals surface area contributed by atoms with Crippen molar-refractivity contribution >= 4 is 44.7 Å². The van der Waals surface area contributed by atoms with Gasteiger partial charge < -0.3 is 10.6 Å². The zero-order valence-corrected chi connectivity index (χ0v) is 16.4. The Morgan fingerprint density at radius 3 is 2.96 bits per heavy atom. The van der Waals surface area contributed by atoms with Crippen LogP contribution in [-0.2, 0) is 10.3 Å². The summed E-state index contributed by atoms with van der Waals surface area (Å²) in [5.74, 6) is 0.409. The minimum atomic E-state index is -0.514. The Hall–Kier alpha value is -2.43. The SMILES string of the molecule is [C-]#[N+]c1cccc(-c2csc([C@]3(C)CC4=C(Br)C(=O)CN4C(N)=N3)c2)c1. The zero-order valence-electron chi connectivity index (χ0n) is 14.0. The molecule has 0 bridgehead atoms. The highest BCUT2D eigenvalue weighted by molar-refractivity contribution is 9.12. The lowest BCUT2D eigenvalue weighted by molar-refractivity contribution is -0.114. The van der Waals surface area contributed by atoms with E-state index in [9.17, 15) is 4.79 Å². The monoisotopic (exact) mass is 426 g/mol. The molecule has 0 fully saturated rings. The molecule has 2 aliphatic heterocycles. The van der Waals surface area contributed by atoms with Crippen LogP contribution < -0.4 is 5.73 Å². The molecule has 1 atom stereocenters. The number of rotatable bonds is 2. The van der Waals surface area contributed by atoms with Crippen molar-refractivity contribution in [3.63, 3.8) is 0 Å². The third-order valence-electron chi connectivity index (χ3n) is 4.71. The van der Waals surface area contributed by atoms with Crippen LogP contribution in [0.4, 0.5) is 5.69 Å². The van der Waals surface area contributed by atoms with E-state index in [1.54, 1.807) is 22.3 Å². The molecule has 0 saturated heterocycles. The zero-order chi connectivity index (χ0) is 18.5. The summed E-state index contributed by atoms with van der Waals surface area (Å²) in [5, 5.41) is 2.07. The van der Waals surface area contributed by atoms with Crippen LogP contribution >= 0.6 is 27.3 Å². The van der Waals surface area contributed by atoms with E-state index in [1.807, 2.05) is 25.1 Å². The van der Waals surface area contributed by atoms with Gasteiger partial charge in [0.2, 0.25) is 0 Å². The average molecular weight is 427 g/mol. The maximum Gasteiger partial charge on any atom is 0.196 e. The van der Waals surface area contributed by atoms with Crippen LogP contribution in [0.5, 0.6) is 0 Å². The molecule has 0 amide bonds. The van der Waals surface area contributed by atoms with E-state index in [4.69, 9.17) is 17.3 Å². The van der Waals surface area contributed by atoms with Gasteiger partial charge in [0.25, 0.3) is 0 Å². The molecule has 2 aliphatic rings. The molecule has 130 valence electrons. The molecule has 3 heterocycles. The normalized spacial score (nSPS) is 22.3. The van der Waals surface area contributed by atoms with Gasteiger partial charge in [-0.2, -0.15) is 0 Å². The number of thiophene rings is 1. The summed E-state index contributed by atoms with van der Waals surface area (Å²) >= 11 is 5.03. The van der Waals surface area contributed by atoms with Gasteiger partial charge >= 0.3 is 0 Å². The Balaban J connectivity index is 1.73. The molecule has 7 heteroatoms. The van der Waals surface area contributed by atoms with Crippen LogP contribution in [0.3, 0.4) is 0 Å². The number of carbonyl (C=O) groups is 1. The van der Waals surface area contributed by atoms with Gasteiger partial charge in [0.15, 0.2) is 17.4 Å². The Morgan fingerprint density at radius 1 is 1.38 bits per heavy atom. The first-order valence-corrected chi connectivity index (χ1v) is 9.70. The van der Waals surface area contributed by atoms with Crippen molar-refractivity contribution in [2.24, 2.45) is 10.7 Å². The summed E-state index contributed by atoms with van der Waals surface area (Å²) in [4.78, 5) is 23.1. The molecular weight excluding hydrogens is 412 g/mol. The second-order valence-corrected chi connectivity index (χ2v) is 8.26. The van der Waals surface area contributed by atoms with Crippen LogP contribution in [0.15, 0.2) is 50.9 Å². The fourth-order valence-corrected chi connectivity index (χ4v) is 4.83. The van der Waals surface area contributed by atoms with Crippen LogP contribution in [-0.4, -0.2) is 23.2 Å². The van der Waals surface area contributed by atoms with E-state index >= 15 is 0 Å². The lowest BCUT2D eigenvalue weighted by Gasteiger charge is -2.35. The van der Waals surface area contributed by atoms with Gasteiger partial charge in [-0.3, -0.25) is 4.79 Å². The standard InChI is InChI=1S/C19H15BrN4OS/c1-19(8-14-17(20)15(25)9-24(14)18(21)23-19)16-7-12(10-26-16)11-4-3-5-13(6-11)22-2/h3-7,10H,8-9H2,1H3,(H2,21,23)/t19-/m0/s1. The lowest BCUT2D eigenvalue weighted by Crippen LogP contribution is -2.43. The van der Waals surface area contributed by atoms with E-state index in [1.165, 1.54) is 0 Å². The van der Waals surface area contributed by atoms with Crippen LogP contribution in [0.1, 0.15) is 18.2 Å². The van der Waals surface area contributed by atoms with Crippen molar-refractivity contribution in [2.75, 3.05) is 6.54 Å². The Labute approximate surface area is 163 Å². The van der Waals surface area contributed by atoms with Crippen molar-refractivity contribution in [2.45, 2.75) is 18.9 Å². The van der Waals surface area contributed by atoms with E-state index in [-0.39, 0.29) is 12.3 Å². The second-order valence-electron chi connectivity index (χ2n) is 6.55. The summed E-state index contributed by atoms with van der Waals surface area (Å²) in [5.41, 5.74) is 9.23. The highest BCUT2D eigenvalue weighted by atomic mass is 79.9. The van der Waals surface area contributed by atoms with E-state index in [0.717, 1.165) is 21.7 Å². The molecule has 5 nitrogen and oxygen atoms in total. The number of hydrogen-bond donors (Lipinski definition) is 1. The fraction of sp³-hybridized carbons (Fsp3) is 0.211. The Kier molecular flexibility index (Phi) is 3.98. The summed E-state index contributed by atoms with van der Waals surface area (Å²) < 4.78 is 0.600. The number of benzene rings is 1. The number of aliphatic imine (C=N–C) groups is 1. The van der Waals surface area contributed by atoms with Crippen molar-refractivity contribution < 1.29 is 4.79 Å². The molecule has 4 rings (SSSR count). The average Bonchev–Trinajstić information content (AvgIpc) is 3.23. The maximum atomic E-state index is 12.0. The molecule has 2 aromatic rings. The smallest absolute Gasteiger partial charge is 0.196 e. The highest BCUT2D eigenvalue weighted by Crippen LogP contribution is 2.44. The first kappa shape index (κ1) is 17.0. The highest BCUT2D eigenvalue weighted by Gasteiger charge is 2.41. The second kappa shape index (κ2) is 6.08. The topological polar surface area (TPSA) is 63.0 Å². The van der Waals surface area contributed by atoms with Crippen molar-refractivity contribution in [3.8, 4) is 11.1 Å². The van der Waals surface area contributed by atoms with Gasteiger partial charge in [-0.1, -0.05) is 18.2 Å². The quantitative estimate of drug-likeness (QED) is 0.724. The molecule has 0 spiro atoms. The number of nitrogens with two attached hydrogens (primary N) is 1. The third-order valence-corrected chi connectivity index (χ3v) is 6.80. The molecule has 1 aromatic heterocycles. The van der Waals surface area contributed by atoms with Crippen molar-refractivity contribution in [3.05, 3.63) is 62.2 Å². The maximum absolute atomic E-state index is 12.0. The molecule has 0 aliphatic carbocycles. The van der Waals surface area contributed by atoms with Gasteiger partial charge in [-0.05, 0) is 51.5 Å². The van der Waals surface area contributed by atoms with Gasteiger partial charge in [-0.25, -0.2) is 9.84 Å². The largest absolute Gasteiger partial charge is 0.369 e. The van der Waals surface area contributed by atoms with Gasteiger partial charge in [0.1, 0.15) is 5.54 Å². The summed E-state index contributed by atoms with van der Waals surface area (Å²) in [7, 11) is 0. The molecule has 0 saturated carbocycles. The predicted octanol–water partition coefficient (Wildman–Crippen LogP) is 4.39. The van der Waals surface area contributed by atoms with E-state index in [2.05, 4.69) is 32.2 Å². The molecule has 0 radical (unpaired) electrons. The predicted molar refractivity (Wildman–Crippen MR) is 107 cm³/mol. The molecular formula is C19H15BrN4OS. The van der Waals surface area contributed by atoms with E-state index in [0.29, 0.717) is 22.6 Å². The first-order chi connectivity index (χ1) is 12.4. The minimum Gasteiger partial charge on any atom is -0.369 e. The van der Waals surface area contributed by atoms with Crippen LogP contribution in [0.2, 0.25) is 0 Å². The number of nitrogens with zero attached hydrogens (tertiary/aromatic N) is 3. The molecule has 26 heavy (non-hydrogen) atoms. The van der Waals surface area contributed by atoms with Gasteiger partial charge in [-0.15, -0.1) is 11.3 Å². The van der Waals surface area contributed by atoms with Crippen molar-refractivity contribution in [1.29, 1.82) is 0 Å². The summed E-state index contributed by atoms with van der Waals surface area (Å²) in [6, 6.07) is 9.68. The molecule has 0 unspecified atom stereocenters. The van der Waals surface area contributed by atoms with Crippen molar-refractivity contribution in [1.82, 2.24) is 4.90 Å². The minimum absolute atomic E-state index is 0.0326. The number of ketones is 1. The van der Waals surface area contributed by atoms with Gasteiger partial charge in [0, 0.05) is 17.0 Å². The number of Topliss-reactive ketones (excluding diaryl/α,β-unsaturated/α-hetero) is 1. The number of hydrogen-bond acceptors (Lipinski definition) is 5. The number of fused-ring (bicyclic) bond motifs is 1. The van der Waals surface area contributed by atoms with E-state index < -0.39 is 5.54 Å². The summed E-state index contributed by atoms with van der Waals surface area (Å²) in [6.07, 6.45) is 0.613. The number of carbonyl (C=O) groups excluding carboxylic acids is 1. The Bertz CT molecular complexity index is 1030. The number of halogens is 1. The fourth-order valence-electron chi connectivity index (χ4n) is 3.33. The number of guanidine groups is 1. The first-order valence-electron chi connectivity index (χ1n) is 8.03. The molecule has 1 aromatic carbocycles. The van der Waals surface area contributed by atoms with Crippen LogP contribution in [0, 0.1) is 6.57 Å².